The molecule has 0 atom stereocenters. The molecule has 0 saturated carbocycles. The van der Waals surface area contributed by atoms with Crippen LogP contribution in [0, 0.1) is 0 Å². The zero-order chi connectivity index (χ0) is 13.3. The average molecular weight is 322 g/mol. The molecule has 0 aliphatic heterocycles. The van der Waals surface area contributed by atoms with Gasteiger partial charge in [-0.3, -0.25) is 4.98 Å². The number of aromatic nitrogens is 1. The molecule has 0 aliphatic rings. The number of halogens is 7. The third-order valence-corrected chi connectivity index (χ3v) is 2.12. The Morgan fingerprint density at radius 2 is 1.24 bits per heavy atom. The monoisotopic (exact) mass is 321 g/mol. The Morgan fingerprint density at radius 3 is 1.53 bits per heavy atom. The van der Waals surface area contributed by atoms with Crippen molar-refractivity contribution in [2.24, 2.45) is 0 Å². The van der Waals surface area contributed by atoms with E-state index in [0.29, 0.717) is 0 Å². The van der Waals surface area contributed by atoms with Crippen molar-refractivity contribution >= 4 is 15.9 Å². The average Bonchev–Trinajstić information content (AvgIpc) is 1.93. The molecule has 0 radical (unpaired) electrons. The normalized spacial score (nSPS) is 12.9. The minimum atomic E-state index is -4.50. The lowest BCUT2D eigenvalue weighted by Crippen LogP contribution is -2.16. The van der Waals surface area contributed by atoms with Crippen molar-refractivity contribution in [2.45, 2.75) is 25.2 Å². The van der Waals surface area contributed by atoms with E-state index in [0.717, 1.165) is 12.1 Å². The molecule has 1 rings (SSSR count). The van der Waals surface area contributed by atoms with Gasteiger partial charge in [0.2, 0.25) is 0 Å². The van der Waals surface area contributed by atoms with Gasteiger partial charge in [0, 0.05) is 4.47 Å². The molecular weight excluding hydrogens is 316 g/mol. The van der Waals surface area contributed by atoms with Gasteiger partial charge in [0.05, 0.1) is 24.2 Å². The highest BCUT2D eigenvalue weighted by Crippen LogP contribution is 2.25. The van der Waals surface area contributed by atoms with Crippen LogP contribution in [0.25, 0.3) is 0 Å². The second-order valence-corrected chi connectivity index (χ2v) is 4.27. The van der Waals surface area contributed by atoms with Crippen LogP contribution < -0.4 is 0 Å². The van der Waals surface area contributed by atoms with E-state index < -0.39 is 36.6 Å². The zero-order valence-corrected chi connectivity index (χ0v) is 9.75. The first-order chi connectivity index (χ1) is 7.55. The molecule has 8 heteroatoms. The number of nitrogens with zero attached hydrogens (tertiary/aromatic N) is 1. The quantitative estimate of drug-likeness (QED) is 0.749. The largest absolute Gasteiger partial charge is 0.394 e. The highest BCUT2D eigenvalue weighted by atomic mass is 79.9. The van der Waals surface area contributed by atoms with Crippen LogP contribution >= 0.6 is 15.9 Å². The molecule has 0 aliphatic carbocycles. The van der Waals surface area contributed by atoms with Crippen LogP contribution in [-0.2, 0) is 12.8 Å². The molecule has 0 saturated heterocycles. The van der Waals surface area contributed by atoms with Crippen LogP contribution in [-0.4, -0.2) is 17.3 Å². The Bertz CT molecular complexity index is 363. The van der Waals surface area contributed by atoms with Crippen LogP contribution in [0.1, 0.15) is 11.4 Å². The van der Waals surface area contributed by atoms with Crippen LogP contribution in [0.2, 0.25) is 0 Å². The van der Waals surface area contributed by atoms with Gasteiger partial charge in [0.1, 0.15) is 0 Å². The van der Waals surface area contributed by atoms with E-state index in [2.05, 4.69) is 20.9 Å². The van der Waals surface area contributed by atoms with Gasteiger partial charge in [-0.15, -0.1) is 0 Å². The fourth-order valence-electron chi connectivity index (χ4n) is 1.20. The van der Waals surface area contributed by atoms with Crippen molar-refractivity contribution in [3.8, 4) is 0 Å². The molecule has 96 valence electrons. The van der Waals surface area contributed by atoms with Crippen LogP contribution in [0.4, 0.5) is 26.3 Å². The predicted octanol–water partition coefficient (Wildman–Crippen LogP) is 4.05. The highest BCUT2D eigenvalue weighted by molar-refractivity contribution is 9.10. The van der Waals surface area contributed by atoms with Crippen molar-refractivity contribution in [3.63, 3.8) is 0 Å². The van der Waals surface area contributed by atoms with Gasteiger partial charge in [-0.05, 0) is 12.1 Å². The summed E-state index contributed by atoms with van der Waals surface area (Å²) in [6.45, 7) is 0. The molecule has 17 heavy (non-hydrogen) atoms. The third-order valence-electron chi connectivity index (χ3n) is 1.66. The van der Waals surface area contributed by atoms with E-state index in [4.69, 9.17) is 0 Å². The minimum absolute atomic E-state index is 0.144. The van der Waals surface area contributed by atoms with Crippen LogP contribution in [0.5, 0.6) is 0 Å². The zero-order valence-electron chi connectivity index (χ0n) is 8.16. The Balaban J connectivity index is 2.95. The van der Waals surface area contributed by atoms with E-state index in [1.54, 1.807) is 0 Å². The maximum atomic E-state index is 12.1. The molecule has 0 amide bonds. The standard InChI is InChI=1S/C9H6BrF6N/c10-5-1-6(3-8(11,12)13)17-7(2-5)4-9(14,15)16/h1-2H,3-4H2. The van der Waals surface area contributed by atoms with Crippen molar-refractivity contribution in [2.75, 3.05) is 0 Å². The summed E-state index contributed by atoms with van der Waals surface area (Å²) in [6.07, 6.45) is -11.7. The summed E-state index contributed by atoms with van der Waals surface area (Å²) in [5, 5.41) is 0. The van der Waals surface area contributed by atoms with Gasteiger partial charge >= 0.3 is 12.4 Å². The van der Waals surface area contributed by atoms with E-state index >= 15 is 0 Å². The number of alkyl halides is 6. The molecule has 1 heterocycles. The first kappa shape index (κ1) is 14.3. The summed E-state index contributed by atoms with van der Waals surface area (Å²) in [7, 11) is 0. The van der Waals surface area contributed by atoms with Crippen molar-refractivity contribution in [1.82, 2.24) is 4.98 Å². The molecule has 0 aromatic carbocycles. The number of rotatable bonds is 2. The van der Waals surface area contributed by atoms with E-state index in [9.17, 15) is 26.3 Å². The van der Waals surface area contributed by atoms with Crippen molar-refractivity contribution in [1.29, 1.82) is 0 Å². The molecule has 0 spiro atoms. The second-order valence-electron chi connectivity index (χ2n) is 3.35. The lowest BCUT2D eigenvalue weighted by Gasteiger charge is -2.10. The summed E-state index contributed by atoms with van der Waals surface area (Å²) < 4.78 is 72.5. The Hall–Kier alpha value is -0.790. The van der Waals surface area contributed by atoms with Gasteiger partial charge in [-0.25, -0.2) is 0 Å². The molecule has 0 bridgehead atoms. The molecular formula is C9H6BrF6N. The fourth-order valence-corrected chi connectivity index (χ4v) is 1.73. The Kier molecular flexibility index (Phi) is 4.06. The maximum absolute atomic E-state index is 12.1. The third kappa shape index (κ3) is 5.90. The number of hydrogen-bond acceptors (Lipinski definition) is 1. The summed E-state index contributed by atoms with van der Waals surface area (Å²) >= 11 is 2.85. The van der Waals surface area contributed by atoms with Gasteiger partial charge in [-0.1, -0.05) is 15.9 Å². The molecule has 0 fully saturated rings. The summed E-state index contributed by atoms with van der Waals surface area (Å²) in [6, 6.07) is 2.10. The van der Waals surface area contributed by atoms with E-state index in [1.165, 1.54) is 0 Å². The maximum Gasteiger partial charge on any atom is 0.394 e. The van der Waals surface area contributed by atoms with Gasteiger partial charge < -0.3 is 0 Å². The minimum Gasteiger partial charge on any atom is -0.257 e. The lowest BCUT2D eigenvalue weighted by molar-refractivity contribution is -0.128. The Morgan fingerprint density at radius 1 is 0.882 bits per heavy atom. The molecule has 0 unspecified atom stereocenters. The number of hydrogen-bond donors (Lipinski definition) is 0. The molecule has 1 aromatic heterocycles. The summed E-state index contributed by atoms with van der Waals surface area (Å²) in [5.41, 5.74) is -0.878. The summed E-state index contributed by atoms with van der Waals surface area (Å²) in [5.74, 6) is 0. The molecule has 1 aromatic rings. The van der Waals surface area contributed by atoms with E-state index in [1.807, 2.05) is 0 Å². The smallest absolute Gasteiger partial charge is 0.257 e. The highest BCUT2D eigenvalue weighted by Gasteiger charge is 2.31. The van der Waals surface area contributed by atoms with Crippen molar-refractivity contribution < 1.29 is 26.3 Å². The Labute approximate surface area is 101 Å². The lowest BCUT2D eigenvalue weighted by atomic mass is 10.2. The first-order valence-electron chi connectivity index (χ1n) is 4.34. The van der Waals surface area contributed by atoms with Gasteiger partial charge in [0.15, 0.2) is 0 Å². The molecule has 1 nitrogen and oxygen atoms in total. The topological polar surface area (TPSA) is 12.9 Å². The first-order valence-corrected chi connectivity index (χ1v) is 5.13. The van der Waals surface area contributed by atoms with Gasteiger partial charge in [-0.2, -0.15) is 26.3 Å². The summed E-state index contributed by atoms with van der Waals surface area (Å²) in [4.78, 5) is 3.33. The van der Waals surface area contributed by atoms with Gasteiger partial charge in [0.25, 0.3) is 0 Å². The fraction of sp³-hybridized carbons (Fsp3) is 0.444. The predicted molar refractivity (Wildman–Crippen MR) is 51.5 cm³/mol. The van der Waals surface area contributed by atoms with Crippen LogP contribution in [0.15, 0.2) is 16.6 Å². The SMILES string of the molecule is FC(F)(F)Cc1cc(Br)cc(CC(F)(F)F)n1. The van der Waals surface area contributed by atoms with Crippen LogP contribution in [0.3, 0.4) is 0 Å². The van der Waals surface area contributed by atoms with Crippen molar-refractivity contribution in [3.05, 3.63) is 28.0 Å². The number of pyridine rings is 1. The van der Waals surface area contributed by atoms with E-state index in [-0.39, 0.29) is 4.47 Å². The second kappa shape index (κ2) is 4.83. The molecule has 0 N–H and O–H groups in total.